The first kappa shape index (κ1) is 9.76. The molecule has 0 spiro atoms. The zero-order valence-electron chi connectivity index (χ0n) is 8.54. The largest absolute Gasteiger partial charge is 0.324 e. The normalized spacial score (nSPS) is 10.3. The van der Waals surface area contributed by atoms with Crippen LogP contribution in [0.15, 0.2) is 36.4 Å². The predicted molar refractivity (Wildman–Crippen MR) is 64.4 cm³/mol. The molecule has 2 aromatic carbocycles. The van der Waals surface area contributed by atoms with Gasteiger partial charge < -0.3 is 10.9 Å². The van der Waals surface area contributed by atoms with Crippen LogP contribution < -0.4 is 22.1 Å². The van der Waals surface area contributed by atoms with Crippen LogP contribution in [0.1, 0.15) is 0 Å². The quantitative estimate of drug-likeness (QED) is 0.451. The van der Waals surface area contributed by atoms with Crippen molar-refractivity contribution in [2.75, 3.05) is 17.9 Å². The van der Waals surface area contributed by atoms with Gasteiger partial charge in [-0.15, -0.1) is 0 Å². The molecule has 0 aliphatic rings. The Hall–Kier alpha value is -1.78. The lowest BCUT2D eigenvalue weighted by Gasteiger charge is -2.11. The molecule has 0 amide bonds. The van der Waals surface area contributed by atoms with Crippen molar-refractivity contribution in [3.63, 3.8) is 0 Å². The first-order chi connectivity index (χ1) is 7.36. The number of hydrazine groups is 2. The molecular weight excluding hydrogens is 188 g/mol. The summed E-state index contributed by atoms with van der Waals surface area (Å²) in [7, 11) is 1.84. The van der Waals surface area contributed by atoms with E-state index in [4.69, 9.17) is 5.84 Å². The highest BCUT2D eigenvalue weighted by molar-refractivity contribution is 6.01. The number of anilines is 2. The van der Waals surface area contributed by atoms with Crippen LogP contribution in [0.3, 0.4) is 0 Å². The summed E-state index contributed by atoms with van der Waals surface area (Å²) in [4.78, 5) is 0. The van der Waals surface area contributed by atoms with E-state index in [1.807, 2.05) is 37.4 Å². The Balaban J connectivity index is 2.66. The lowest BCUT2D eigenvalue weighted by Crippen LogP contribution is -2.15. The van der Waals surface area contributed by atoms with Gasteiger partial charge in [0.1, 0.15) is 0 Å². The summed E-state index contributed by atoms with van der Waals surface area (Å²) >= 11 is 0. The maximum atomic E-state index is 5.45. The highest BCUT2D eigenvalue weighted by atomic mass is 15.3. The molecule has 2 rings (SSSR count). The van der Waals surface area contributed by atoms with E-state index >= 15 is 0 Å². The van der Waals surface area contributed by atoms with Crippen molar-refractivity contribution >= 4 is 22.1 Å². The molecule has 0 aromatic heterocycles. The van der Waals surface area contributed by atoms with Gasteiger partial charge in [-0.25, -0.2) is 5.43 Å². The molecule has 78 valence electrons. The first-order valence-corrected chi connectivity index (χ1v) is 4.78. The minimum absolute atomic E-state index is 0.923. The molecule has 4 heteroatoms. The van der Waals surface area contributed by atoms with Crippen LogP contribution in [0.25, 0.3) is 10.8 Å². The van der Waals surface area contributed by atoms with Crippen LogP contribution in [-0.2, 0) is 0 Å². The SMILES string of the molecule is CNNc1ccc(NN)c2ccccc12. The van der Waals surface area contributed by atoms with E-state index in [1.165, 1.54) is 0 Å². The van der Waals surface area contributed by atoms with Gasteiger partial charge in [0.05, 0.1) is 11.4 Å². The topological polar surface area (TPSA) is 62.1 Å². The lowest BCUT2D eigenvalue weighted by molar-refractivity contribution is 0.988. The molecule has 15 heavy (non-hydrogen) atoms. The summed E-state index contributed by atoms with van der Waals surface area (Å²) in [6, 6.07) is 12.0. The van der Waals surface area contributed by atoms with Crippen molar-refractivity contribution in [1.29, 1.82) is 0 Å². The highest BCUT2D eigenvalue weighted by Gasteiger charge is 2.03. The average Bonchev–Trinajstić information content (AvgIpc) is 2.30. The van der Waals surface area contributed by atoms with Crippen LogP contribution in [-0.4, -0.2) is 7.05 Å². The molecule has 2 aromatic rings. The Morgan fingerprint density at radius 3 is 2.13 bits per heavy atom. The summed E-state index contributed by atoms with van der Waals surface area (Å²) < 4.78 is 0. The molecule has 0 aliphatic heterocycles. The van der Waals surface area contributed by atoms with Gasteiger partial charge in [-0.1, -0.05) is 24.3 Å². The smallest absolute Gasteiger partial charge is 0.0567 e. The van der Waals surface area contributed by atoms with Gasteiger partial charge in [0.15, 0.2) is 0 Å². The second-order valence-corrected chi connectivity index (χ2v) is 3.23. The molecule has 5 N–H and O–H groups in total. The first-order valence-electron chi connectivity index (χ1n) is 4.78. The van der Waals surface area contributed by atoms with Crippen LogP contribution in [0.2, 0.25) is 0 Å². The second-order valence-electron chi connectivity index (χ2n) is 3.23. The maximum Gasteiger partial charge on any atom is 0.0567 e. The monoisotopic (exact) mass is 202 g/mol. The maximum absolute atomic E-state index is 5.45. The predicted octanol–water partition coefficient (Wildman–Crippen LogP) is 1.67. The standard InChI is InChI=1S/C11H14N4/c1-13-15-11-7-6-10(14-12)8-4-2-3-5-9(8)11/h2-7,13-15H,12H2,1H3. The summed E-state index contributed by atoms with van der Waals surface area (Å²) in [5, 5.41) is 2.22. The van der Waals surface area contributed by atoms with Crippen molar-refractivity contribution in [3.8, 4) is 0 Å². The van der Waals surface area contributed by atoms with Gasteiger partial charge in [-0.2, -0.15) is 0 Å². The molecule has 0 heterocycles. The summed E-state index contributed by atoms with van der Waals surface area (Å²) in [6.07, 6.45) is 0. The number of rotatable bonds is 3. The molecule has 0 atom stereocenters. The molecule has 0 aliphatic carbocycles. The van der Waals surface area contributed by atoms with E-state index in [9.17, 15) is 0 Å². The van der Waals surface area contributed by atoms with E-state index in [0.29, 0.717) is 0 Å². The van der Waals surface area contributed by atoms with Crippen molar-refractivity contribution in [2.45, 2.75) is 0 Å². The van der Waals surface area contributed by atoms with Crippen LogP contribution in [0.5, 0.6) is 0 Å². The summed E-state index contributed by atoms with van der Waals surface area (Å²) in [5.41, 5.74) is 10.6. The Bertz CT molecular complexity index is 467. The van der Waals surface area contributed by atoms with Gasteiger partial charge in [-0.3, -0.25) is 5.84 Å². The van der Waals surface area contributed by atoms with Crippen LogP contribution in [0, 0.1) is 0 Å². The van der Waals surface area contributed by atoms with Gasteiger partial charge in [0.25, 0.3) is 0 Å². The summed E-state index contributed by atoms with van der Waals surface area (Å²) in [5.74, 6) is 5.45. The number of hydrogen-bond acceptors (Lipinski definition) is 4. The van der Waals surface area contributed by atoms with E-state index in [-0.39, 0.29) is 0 Å². The van der Waals surface area contributed by atoms with Crippen LogP contribution >= 0.6 is 0 Å². The van der Waals surface area contributed by atoms with Gasteiger partial charge in [0.2, 0.25) is 0 Å². The third-order valence-electron chi connectivity index (χ3n) is 2.34. The Morgan fingerprint density at radius 2 is 1.53 bits per heavy atom. The van der Waals surface area contributed by atoms with E-state index in [1.54, 1.807) is 0 Å². The zero-order chi connectivity index (χ0) is 10.7. The van der Waals surface area contributed by atoms with Crippen molar-refractivity contribution in [3.05, 3.63) is 36.4 Å². The number of nitrogens with two attached hydrogens (primary N) is 1. The molecular formula is C11H14N4. The Labute approximate surface area is 88.4 Å². The fourth-order valence-electron chi connectivity index (χ4n) is 1.67. The second kappa shape index (κ2) is 4.16. The summed E-state index contributed by atoms with van der Waals surface area (Å²) in [6.45, 7) is 0. The third kappa shape index (κ3) is 1.72. The van der Waals surface area contributed by atoms with E-state index in [2.05, 4.69) is 22.3 Å². The molecule has 0 saturated heterocycles. The molecule has 0 saturated carbocycles. The van der Waals surface area contributed by atoms with Crippen molar-refractivity contribution in [1.82, 2.24) is 5.43 Å². The van der Waals surface area contributed by atoms with E-state index in [0.717, 1.165) is 22.1 Å². The minimum Gasteiger partial charge on any atom is -0.324 e. The Kier molecular flexibility index (Phi) is 2.71. The fraction of sp³-hybridized carbons (Fsp3) is 0.0909. The highest BCUT2D eigenvalue weighted by Crippen LogP contribution is 2.28. The molecule has 0 fully saturated rings. The minimum atomic E-state index is 0.923. The number of nitrogen functional groups attached to an aromatic ring is 1. The molecule has 0 unspecified atom stereocenters. The molecule has 0 bridgehead atoms. The third-order valence-corrected chi connectivity index (χ3v) is 2.34. The number of benzene rings is 2. The van der Waals surface area contributed by atoms with Gasteiger partial charge in [0, 0.05) is 17.8 Å². The lowest BCUT2D eigenvalue weighted by atomic mass is 10.1. The molecule has 0 radical (unpaired) electrons. The van der Waals surface area contributed by atoms with Crippen LogP contribution in [0.4, 0.5) is 11.4 Å². The number of nitrogens with one attached hydrogen (secondary N) is 3. The zero-order valence-corrected chi connectivity index (χ0v) is 8.54. The van der Waals surface area contributed by atoms with Gasteiger partial charge in [-0.05, 0) is 12.1 Å². The number of hydrogen-bond donors (Lipinski definition) is 4. The van der Waals surface area contributed by atoms with Crippen molar-refractivity contribution in [2.24, 2.45) is 5.84 Å². The Morgan fingerprint density at radius 1 is 0.933 bits per heavy atom. The van der Waals surface area contributed by atoms with Gasteiger partial charge >= 0.3 is 0 Å². The fourth-order valence-corrected chi connectivity index (χ4v) is 1.67. The average molecular weight is 202 g/mol. The van der Waals surface area contributed by atoms with E-state index < -0.39 is 0 Å². The number of fused-ring (bicyclic) bond motifs is 1. The van der Waals surface area contributed by atoms with Crippen molar-refractivity contribution < 1.29 is 0 Å². The molecule has 4 nitrogen and oxygen atoms in total.